The van der Waals surface area contributed by atoms with Gasteiger partial charge in [0.05, 0.1) is 17.1 Å². The van der Waals surface area contributed by atoms with Crippen LogP contribution >= 0.6 is 0 Å². The Morgan fingerprint density at radius 1 is 1.15 bits per heavy atom. The molecule has 1 aromatic rings. The topological polar surface area (TPSA) is 140 Å². The van der Waals surface area contributed by atoms with E-state index in [-0.39, 0.29) is 31.1 Å². The van der Waals surface area contributed by atoms with Crippen LogP contribution in [0.2, 0.25) is 0 Å². The number of aliphatic hydroxyl groups excluding tert-OH is 2. The van der Waals surface area contributed by atoms with Gasteiger partial charge in [0.25, 0.3) is 5.56 Å². The molecular formula is C17H18N4O6. The van der Waals surface area contributed by atoms with Crippen molar-refractivity contribution < 1.29 is 19.7 Å². The molecule has 1 atom stereocenters. The molecule has 0 amide bonds. The van der Waals surface area contributed by atoms with Crippen LogP contribution in [0, 0.1) is 0 Å². The fourth-order valence-corrected chi connectivity index (χ4v) is 3.13. The maximum atomic E-state index is 12.2. The number of hydrogen-bond acceptors (Lipinski definition) is 8. The lowest BCUT2D eigenvalue weighted by Gasteiger charge is -2.22. The zero-order valence-corrected chi connectivity index (χ0v) is 14.3. The number of aryl methyl sites for hydroxylation is 1. The zero-order chi connectivity index (χ0) is 19.0. The molecule has 3 heterocycles. The van der Waals surface area contributed by atoms with Crippen LogP contribution < -0.4 is 20.7 Å². The molecule has 0 aromatic heterocycles. The van der Waals surface area contributed by atoms with Crippen LogP contribution in [0.4, 0.5) is 0 Å². The maximum absolute atomic E-state index is 12.2. The highest BCUT2D eigenvalue weighted by molar-refractivity contribution is 5.83. The molecule has 142 valence electrons. The first-order valence-electron chi connectivity index (χ1n) is 8.60. The third kappa shape index (κ3) is 3.24. The van der Waals surface area contributed by atoms with E-state index < -0.39 is 17.4 Å². The normalized spacial score (nSPS) is 14.6. The van der Waals surface area contributed by atoms with Crippen molar-refractivity contribution in [1.29, 1.82) is 0 Å². The summed E-state index contributed by atoms with van der Waals surface area (Å²) in [4.78, 5) is 34.3. The summed E-state index contributed by atoms with van der Waals surface area (Å²) in [6.45, 7) is 0.968. The quantitative estimate of drug-likeness (QED) is 0.507. The number of nitrogens with zero attached hydrogens (tertiary/aromatic N) is 3. The largest absolute Gasteiger partial charge is 0.486 e. The van der Waals surface area contributed by atoms with E-state index in [1.807, 2.05) is 0 Å². The number of rotatable bonds is 5. The predicted molar refractivity (Wildman–Crippen MR) is 94.4 cm³/mol. The summed E-state index contributed by atoms with van der Waals surface area (Å²) in [6.07, 6.45) is -0.197. The molecule has 1 aromatic carbocycles. The Morgan fingerprint density at radius 2 is 1.89 bits per heavy atom. The molecule has 3 aliphatic heterocycles. The number of aromatic amines is 1. The van der Waals surface area contributed by atoms with E-state index in [9.17, 15) is 14.7 Å². The number of benzene rings is 1. The summed E-state index contributed by atoms with van der Waals surface area (Å²) in [5.41, 5.74) is -0.299. The highest BCUT2D eigenvalue weighted by Crippen LogP contribution is 2.35. The van der Waals surface area contributed by atoms with E-state index in [2.05, 4.69) is 15.0 Å². The minimum Gasteiger partial charge on any atom is -0.486 e. The van der Waals surface area contributed by atoms with Gasteiger partial charge in [-0.15, -0.1) is 0 Å². The van der Waals surface area contributed by atoms with Crippen molar-refractivity contribution in [1.82, 2.24) is 19.5 Å². The average Bonchev–Trinajstić information content (AvgIpc) is 2.64. The molecule has 1 unspecified atom stereocenters. The Labute approximate surface area is 152 Å². The van der Waals surface area contributed by atoms with Gasteiger partial charge < -0.3 is 24.3 Å². The third-order valence-corrected chi connectivity index (χ3v) is 4.42. The molecule has 0 saturated heterocycles. The minimum atomic E-state index is -0.768. The first-order chi connectivity index (χ1) is 13.1. The van der Waals surface area contributed by atoms with Crippen molar-refractivity contribution in [3.05, 3.63) is 33.0 Å². The second kappa shape index (κ2) is 6.97. The van der Waals surface area contributed by atoms with Gasteiger partial charge in [0.15, 0.2) is 23.0 Å². The molecule has 0 fully saturated rings. The van der Waals surface area contributed by atoms with Gasteiger partial charge in [0.1, 0.15) is 13.2 Å². The molecular weight excluding hydrogens is 356 g/mol. The highest BCUT2D eigenvalue weighted by Gasteiger charge is 2.22. The lowest BCUT2D eigenvalue weighted by Crippen LogP contribution is -2.29. The fourth-order valence-electron chi connectivity index (χ4n) is 3.13. The second-order valence-electron chi connectivity index (χ2n) is 6.25. The molecule has 3 N–H and O–H groups in total. The Morgan fingerprint density at radius 3 is 2.63 bits per heavy atom. The number of hydrogen-bond donors (Lipinski definition) is 3. The predicted octanol–water partition coefficient (Wildman–Crippen LogP) is -0.511. The molecule has 10 nitrogen and oxygen atoms in total. The first kappa shape index (κ1) is 17.4. The summed E-state index contributed by atoms with van der Waals surface area (Å²) in [6, 6.07) is 3.40. The summed E-state index contributed by atoms with van der Waals surface area (Å²) in [5.74, 6) is 1.19. The summed E-state index contributed by atoms with van der Waals surface area (Å²) in [7, 11) is 0. The van der Waals surface area contributed by atoms with Crippen molar-refractivity contribution in [2.24, 2.45) is 0 Å². The number of nitrogens with one attached hydrogen (secondary N) is 1. The first-order valence-corrected chi connectivity index (χ1v) is 8.60. The van der Waals surface area contributed by atoms with Gasteiger partial charge in [-0.1, -0.05) is 0 Å². The molecule has 10 heteroatoms. The average molecular weight is 374 g/mol. The SMILES string of the molecule is O=c1nc2n(CCC(O)CCO)c3cc4c(cc3nc-2c(=O)[nH]1)OCCO4. The van der Waals surface area contributed by atoms with Crippen molar-refractivity contribution in [3.8, 4) is 23.0 Å². The van der Waals surface area contributed by atoms with Gasteiger partial charge in [-0.05, 0) is 12.8 Å². The van der Waals surface area contributed by atoms with Crippen molar-refractivity contribution in [2.75, 3.05) is 19.8 Å². The lowest BCUT2D eigenvalue weighted by atomic mass is 10.1. The van der Waals surface area contributed by atoms with E-state index in [0.717, 1.165) is 0 Å². The van der Waals surface area contributed by atoms with E-state index in [1.54, 1.807) is 16.7 Å². The molecule has 0 aliphatic carbocycles. The Balaban J connectivity index is 1.93. The number of ether oxygens (including phenoxy) is 2. The standard InChI is InChI=1S/C17H18N4O6/c22-4-2-9(23)1-3-21-11-8-13-12(26-5-6-27-13)7-10(11)18-14-15(21)19-17(25)20-16(14)24/h7-9,22-23H,1-6H2,(H,20,24,25). The molecule has 0 spiro atoms. The van der Waals surface area contributed by atoms with Crippen LogP contribution in [-0.2, 0) is 6.54 Å². The van der Waals surface area contributed by atoms with E-state index in [1.165, 1.54) is 0 Å². The monoisotopic (exact) mass is 374 g/mol. The summed E-state index contributed by atoms with van der Waals surface area (Å²) < 4.78 is 12.8. The number of H-pyrrole nitrogens is 1. The zero-order valence-electron chi connectivity index (χ0n) is 14.3. The minimum absolute atomic E-state index is 0.0235. The number of aromatic nitrogens is 4. The lowest BCUT2D eigenvalue weighted by molar-refractivity contribution is 0.121. The van der Waals surface area contributed by atoms with Gasteiger partial charge in [0.2, 0.25) is 0 Å². The van der Waals surface area contributed by atoms with Crippen LogP contribution in [0.3, 0.4) is 0 Å². The Kier molecular flexibility index (Phi) is 4.50. The van der Waals surface area contributed by atoms with Crippen molar-refractivity contribution in [2.45, 2.75) is 25.5 Å². The van der Waals surface area contributed by atoms with E-state index >= 15 is 0 Å². The van der Waals surface area contributed by atoms with Crippen LogP contribution in [0.25, 0.3) is 22.6 Å². The highest BCUT2D eigenvalue weighted by atomic mass is 16.6. The fraction of sp³-hybridized carbons (Fsp3) is 0.412. The Hall–Kier alpha value is -2.98. The smallest absolute Gasteiger partial charge is 0.349 e. The number of fused-ring (bicyclic) bond motifs is 3. The molecule has 0 bridgehead atoms. The van der Waals surface area contributed by atoms with Crippen LogP contribution in [0.1, 0.15) is 12.8 Å². The summed E-state index contributed by atoms with van der Waals surface area (Å²) in [5, 5.41) is 18.9. The Bertz CT molecular complexity index is 1080. The van der Waals surface area contributed by atoms with Gasteiger partial charge in [-0.25, -0.2) is 9.78 Å². The molecule has 27 heavy (non-hydrogen) atoms. The maximum Gasteiger partial charge on any atom is 0.349 e. The van der Waals surface area contributed by atoms with Crippen LogP contribution in [0.5, 0.6) is 11.5 Å². The van der Waals surface area contributed by atoms with E-state index in [0.29, 0.717) is 42.2 Å². The molecule has 4 rings (SSSR count). The second-order valence-corrected chi connectivity index (χ2v) is 6.25. The third-order valence-electron chi connectivity index (χ3n) is 4.42. The van der Waals surface area contributed by atoms with Crippen molar-refractivity contribution in [3.63, 3.8) is 0 Å². The van der Waals surface area contributed by atoms with Gasteiger partial charge in [0, 0.05) is 25.3 Å². The van der Waals surface area contributed by atoms with Crippen molar-refractivity contribution >= 4 is 11.0 Å². The van der Waals surface area contributed by atoms with Gasteiger partial charge in [-0.2, -0.15) is 4.98 Å². The van der Waals surface area contributed by atoms with Crippen LogP contribution in [-0.4, -0.2) is 55.7 Å². The van der Waals surface area contributed by atoms with E-state index in [4.69, 9.17) is 14.6 Å². The molecule has 0 radical (unpaired) electrons. The summed E-state index contributed by atoms with van der Waals surface area (Å²) >= 11 is 0. The van der Waals surface area contributed by atoms with Gasteiger partial charge in [-0.3, -0.25) is 9.78 Å². The van der Waals surface area contributed by atoms with Crippen LogP contribution in [0.15, 0.2) is 21.7 Å². The van der Waals surface area contributed by atoms with Gasteiger partial charge >= 0.3 is 5.69 Å². The number of aliphatic hydroxyl groups is 2. The molecule has 0 saturated carbocycles. The molecule has 3 aliphatic rings.